The summed E-state index contributed by atoms with van der Waals surface area (Å²) in [6.45, 7) is 8.19. The highest BCUT2D eigenvalue weighted by Crippen LogP contribution is 2.36. The molecule has 1 aliphatic heterocycles. The van der Waals surface area contributed by atoms with Crippen LogP contribution in [0.1, 0.15) is 27.7 Å². The summed E-state index contributed by atoms with van der Waals surface area (Å²) in [6.07, 6.45) is 0. The molecular formula is C16H19BO3. The average molecular weight is 270 g/mol. The number of hydrogen-bond acceptors (Lipinski definition) is 3. The molecular weight excluding hydrogens is 251 g/mol. The van der Waals surface area contributed by atoms with Crippen LogP contribution in [-0.2, 0) is 9.31 Å². The lowest BCUT2D eigenvalue weighted by Crippen LogP contribution is -2.41. The average Bonchev–Trinajstić information content (AvgIpc) is 2.58. The Balaban J connectivity index is 1.98. The van der Waals surface area contributed by atoms with Crippen molar-refractivity contribution in [2.75, 3.05) is 0 Å². The first-order valence-electron chi connectivity index (χ1n) is 6.87. The number of benzene rings is 2. The fraction of sp³-hybridized carbons (Fsp3) is 0.375. The monoisotopic (exact) mass is 270 g/mol. The van der Waals surface area contributed by atoms with Gasteiger partial charge >= 0.3 is 7.12 Å². The lowest BCUT2D eigenvalue weighted by Gasteiger charge is -2.32. The summed E-state index contributed by atoms with van der Waals surface area (Å²) in [5, 5.41) is 11.6. The molecule has 1 fully saturated rings. The second-order valence-corrected chi connectivity index (χ2v) is 6.38. The molecule has 2 aromatic carbocycles. The van der Waals surface area contributed by atoms with Crippen molar-refractivity contribution < 1.29 is 14.4 Å². The largest absolute Gasteiger partial charge is 0.508 e. The lowest BCUT2D eigenvalue weighted by molar-refractivity contribution is 0.00578. The Hall–Kier alpha value is -1.52. The molecule has 0 radical (unpaired) electrons. The van der Waals surface area contributed by atoms with E-state index >= 15 is 0 Å². The first kappa shape index (κ1) is 13.5. The zero-order valence-corrected chi connectivity index (χ0v) is 12.3. The molecule has 1 saturated heterocycles. The number of rotatable bonds is 1. The molecule has 0 spiro atoms. The van der Waals surface area contributed by atoms with Crippen LogP contribution in [0.15, 0.2) is 36.4 Å². The molecule has 0 amide bonds. The number of aromatic hydroxyl groups is 1. The van der Waals surface area contributed by atoms with Gasteiger partial charge in [0.2, 0.25) is 0 Å². The summed E-state index contributed by atoms with van der Waals surface area (Å²) in [7, 11) is -0.349. The van der Waals surface area contributed by atoms with Crippen LogP contribution in [0.4, 0.5) is 0 Å². The van der Waals surface area contributed by atoms with Crippen LogP contribution >= 0.6 is 0 Å². The van der Waals surface area contributed by atoms with Crippen molar-refractivity contribution in [1.82, 2.24) is 0 Å². The Bertz CT molecular complexity index is 648. The Morgan fingerprint density at radius 2 is 1.40 bits per heavy atom. The van der Waals surface area contributed by atoms with Gasteiger partial charge in [-0.1, -0.05) is 24.3 Å². The van der Waals surface area contributed by atoms with Gasteiger partial charge in [0.1, 0.15) is 5.75 Å². The van der Waals surface area contributed by atoms with Crippen LogP contribution in [0.5, 0.6) is 5.75 Å². The zero-order chi connectivity index (χ0) is 14.5. The molecule has 1 aliphatic rings. The second kappa shape index (κ2) is 4.24. The smallest absolute Gasteiger partial charge is 0.494 e. The van der Waals surface area contributed by atoms with E-state index in [0.717, 1.165) is 16.2 Å². The minimum absolute atomic E-state index is 0.279. The maximum atomic E-state index is 9.50. The van der Waals surface area contributed by atoms with E-state index in [0.29, 0.717) is 0 Å². The highest BCUT2D eigenvalue weighted by molar-refractivity contribution is 6.62. The number of phenols is 1. The number of fused-ring (bicyclic) bond motifs is 1. The number of phenolic OH excluding ortho intramolecular Hbond substituents is 1. The molecule has 20 heavy (non-hydrogen) atoms. The first-order chi connectivity index (χ1) is 9.28. The Morgan fingerprint density at radius 1 is 0.850 bits per heavy atom. The molecule has 0 unspecified atom stereocenters. The maximum Gasteiger partial charge on any atom is 0.494 e. The Kier molecular flexibility index (Phi) is 2.85. The standard InChI is InChI=1S/C16H19BO3/c1-15(2)16(3,4)20-17(19-15)13-7-5-12-10-14(18)8-6-11(12)9-13/h5-10,18H,1-4H3. The summed E-state index contributed by atoms with van der Waals surface area (Å²) < 4.78 is 12.1. The minimum atomic E-state index is -0.349. The molecule has 2 aromatic rings. The van der Waals surface area contributed by atoms with Gasteiger partial charge in [-0.05, 0) is 56.1 Å². The summed E-state index contributed by atoms with van der Waals surface area (Å²) >= 11 is 0. The predicted octanol–water partition coefficient (Wildman–Crippen LogP) is 2.84. The third kappa shape index (κ3) is 2.09. The SMILES string of the molecule is CC1(C)OB(c2ccc3cc(O)ccc3c2)OC1(C)C. The van der Waals surface area contributed by atoms with Crippen molar-refractivity contribution in [3.05, 3.63) is 36.4 Å². The lowest BCUT2D eigenvalue weighted by atomic mass is 9.78. The van der Waals surface area contributed by atoms with Crippen LogP contribution < -0.4 is 5.46 Å². The molecule has 0 aliphatic carbocycles. The van der Waals surface area contributed by atoms with Crippen LogP contribution in [0, 0.1) is 0 Å². The highest BCUT2D eigenvalue weighted by atomic mass is 16.7. The van der Waals surface area contributed by atoms with Crippen molar-refractivity contribution in [2.45, 2.75) is 38.9 Å². The second-order valence-electron chi connectivity index (χ2n) is 6.38. The van der Waals surface area contributed by atoms with Crippen LogP contribution in [-0.4, -0.2) is 23.4 Å². The van der Waals surface area contributed by atoms with E-state index in [-0.39, 0.29) is 24.1 Å². The number of hydrogen-bond donors (Lipinski definition) is 1. The topological polar surface area (TPSA) is 38.7 Å². The molecule has 4 heteroatoms. The van der Waals surface area contributed by atoms with Crippen LogP contribution in [0.2, 0.25) is 0 Å². The summed E-state index contributed by atoms with van der Waals surface area (Å²) in [4.78, 5) is 0. The van der Waals surface area contributed by atoms with E-state index < -0.39 is 0 Å². The molecule has 3 rings (SSSR count). The van der Waals surface area contributed by atoms with Crippen molar-refractivity contribution in [1.29, 1.82) is 0 Å². The minimum Gasteiger partial charge on any atom is -0.508 e. The Labute approximate surface area is 119 Å². The predicted molar refractivity (Wildman–Crippen MR) is 81.3 cm³/mol. The maximum absolute atomic E-state index is 9.50. The van der Waals surface area contributed by atoms with E-state index in [1.54, 1.807) is 12.1 Å². The third-order valence-electron chi connectivity index (χ3n) is 4.37. The van der Waals surface area contributed by atoms with Gasteiger partial charge in [-0.15, -0.1) is 0 Å². The summed E-state index contributed by atoms with van der Waals surface area (Å²) in [5.74, 6) is 0.279. The first-order valence-corrected chi connectivity index (χ1v) is 6.87. The zero-order valence-electron chi connectivity index (χ0n) is 12.3. The molecule has 0 atom stereocenters. The van der Waals surface area contributed by atoms with Gasteiger partial charge in [0, 0.05) is 0 Å². The van der Waals surface area contributed by atoms with Gasteiger partial charge in [-0.25, -0.2) is 0 Å². The van der Waals surface area contributed by atoms with Gasteiger partial charge in [-0.3, -0.25) is 0 Å². The quantitative estimate of drug-likeness (QED) is 0.810. The molecule has 3 nitrogen and oxygen atoms in total. The Morgan fingerprint density at radius 3 is 2.05 bits per heavy atom. The molecule has 0 saturated carbocycles. The summed E-state index contributed by atoms with van der Waals surface area (Å²) in [6, 6.07) is 11.4. The van der Waals surface area contributed by atoms with Crippen molar-refractivity contribution in [2.24, 2.45) is 0 Å². The van der Waals surface area contributed by atoms with Gasteiger partial charge in [0.05, 0.1) is 11.2 Å². The van der Waals surface area contributed by atoms with Gasteiger partial charge in [0.15, 0.2) is 0 Å². The van der Waals surface area contributed by atoms with E-state index in [2.05, 4.69) is 6.07 Å². The summed E-state index contributed by atoms with van der Waals surface area (Å²) in [5.41, 5.74) is 0.338. The van der Waals surface area contributed by atoms with Gasteiger partial charge < -0.3 is 14.4 Å². The molecule has 104 valence electrons. The molecule has 1 heterocycles. The van der Waals surface area contributed by atoms with Crippen molar-refractivity contribution in [3.8, 4) is 5.75 Å². The van der Waals surface area contributed by atoms with Crippen LogP contribution in [0.3, 0.4) is 0 Å². The normalized spacial score (nSPS) is 20.5. The highest BCUT2D eigenvalue weighted by Gasteiger charge is 2.51. The molecule has 1 N–H and O–H groups in total. The van der Waals surface area contributed by atoms with Gasteiger partial charge in [0.25, 0.3) is 0 Å². The van der Waals surface area contributed by atoms with Gasteiger partial charge in [-0.2, -0.15) is 0 Å². The van der Waals surface area contributed by atoms with E-state index in [9.17, 15) is 5.11 Å². The third-order valence-corrected chi connectivity index (χ3v) is 4.37. The van der Waals surface area contributed by atoms with E-state index in [1.165, 1.54) is 0 Å². The van der Waals surface area contributed by atoms with Crippen molar-refractivity contribution in [3.63, 3.8) is 0 Å². The van der Waals surface area contributed by atoms with Crippen molar-refractivity contribution >= 4 is 23.4 Å². The molecule has 0 bridgehead atoms. The fourth-order valence-electron chi connectivity index (χ4n) is 2.38. The molecule has 0 aromatic heterocycles. The van der Waals surface area contributed by atoms with E-state index in [1.807, 2.05) is 45.9 Å². The van der Waals surface area contributed by atoms with Crippen LogP contribution in [0.25, 0.3) is 10.8 Å². The fourth-order valence-corrected chi connectivity index (χ4v) is 2.38. The van der Waals surface area contributed by atoms with E-state index in [4.69, 9.17) is 9.31 Å².